The van der Waals surface area contributed by atoms with Crippen molar-refractivity contribution in [1.29, 1.82) is 0 Å². The normalized spacial score (nSPS) is 14.0. The van der Waals surface area contributed by atoms with Crippen LogP contribution in [0.1, 0.15) is 136 Å². The van der Waals surface area contributed by atoms with Gasteiger partial charge in [-0.1, -0.05) is 62.3 Å². The number of carbonyl (C=O) groups is 4. The molecule has 0 spiro atoms. The average Bonchev–Trinajstić information content (AvgIpc) is 2.87. The molecule has 11 heteroatoms. The fourth-order valence-corrected chi connectivity index (χ4v) is 4.01. The first-order chi connectivity index (χ1) is 21.1. The molecule has 1 atom stereocenters. The fraction of sp³-hybridized carbons (Fsp3) is 0.722. The topological polar surface area (TPSA) is 133 Å². The number of rotatable bonds is 12. The Kier molecular flexibility index (Phi) is 13.4. The van der Waals surface area contributed by atoms with E-state index in [2.05, 4.69) is 0 Å². The molecule has 0 heterocycles. The third-order valence-corrected chi connectivity index (χ3v) is 8.40. The molecule has 0 fully saturated rings. The van der Waals surface area contributed by atoms with Crippen LogP contribution < -0.4 is 18.9 Å². The molecular formula is C36H58O11. The van der Waals surface area contributed by atoms with Crippen molar-refractivity contribution >= 4 is 24.4 Å². The third kappa shape index (κ3) is 12.9. The Hall–Kier alpha value is -3.50. The SMILES string of the molecule is CCC(C)(C)OC(=O)Oc1cc(OC(=O)C(C)(CC(C)(C)C)C(C)(C)C)cc(OC(=O)OC(C)(C)CC)c1OC(=O)OC(C)(C)CC. The molecule has 0 amide bonds. The fourth-order valence-electron chi connectivity index (χ4n) is 4.01. The second-order valence-electron chi connectivity index (χ2n) is 16.2. The van der Waals surface area contributed by atoms with Gasteiger partial charge in [0.2, 0.25) is 5.75 Å². The minimum absolute atomic E-state index is 0.149. The molecule has 0 aromatic heterocycles. The Morgan fingerprint density at radius 3 is 1.17 bits per heavy atom. The van der Waals surface area contributed by atoms with Crippen LogP contribution in [0.15, 0.2) is 12.1 Å². The molecule has 1 aromatic carbocycles. The Morgan fingerprint density at radius 2 is 0.872 bits per heavy atom. The van der Waals surface area contributed by atoms with Crippen molar-refractivity contribution in [1.82, 2.24) is 0 Å². The van der Waals surface area contributed by atoms with Gasteiger partial charge in [-0.15, -0.1) is 0 Å². The largest absolute Gasteiger partial charge is 0.514 e. The first-order valence-electron chi connectivity index (χ1n) is 16.2. The smallest absolute Gasteiger partial charge is 0.428 e. The zero-order valence-electron chi connectivity index (χ0n) is 31.5. The van der Waals surface area contributed by atoms with Crippen molar-refractivity contribution in [2.24, 2.45) is 16.2 Å². The predicted molar refractivity (Wildman–Crippen MR) is 178 cm³/mol. The second-order valence-corrected chi connectivity index (χ2v) is 16.2. The molecule has 0 radical (unpaired) electrons. The van der Waals surface area contributed by atoms with E-state index >= 15 is 0 Å². The van der Waals surface area contributed by atoms with Gasteiger partial charge in [0.25, 0.3) is 0 Å². The van der Waals surface area contributed by atoms with Crippen LogP contribution in [0.3, 0.4) is 0 Å². The molecule has 0 aliphatic heterocycles. The zero-order chi connectivity index (χ0) is 36.8. The number of esters is 1. The van der Waals surface area contributed by atoms with Gasteiger partial charge in [0, 0.05) is 12.1 Å². The van der Waals surface area contributed by atoms with Crippen LogP contribution >= 0.6 is 0 Å². The van der Waals surface area contributed by atoms with E-state index < -0.39 is 69.3 Å². The van der Waals surface area contributed by atoms with Crippen LogP contribution in [0.5, 0.6) is 23.0 Å². The molecule has 1 aromatic rings. The number of ether oxygens (including phenoxy) is 7. The van der Waals surface area contributed by atoms with Crippen LogP contribution in [0.25, 0.3) is 0 Å². The van der Waals surface area contributed by atoms with E-state index in [1.807, 2.05) is 69.2 Å². The van der Waals surface area contributed by atoms with E-state index in [1.54, 1.807) is 41.5 Å². The maximum atomic E-state index is 13.9. The molecule has 47 heavy (non-hydrogen) atoms. The van der Waals surface area contributed by atoms with E-state index in [0.29, 0.717) is 25.7 Å². The summed E-state index contributed by atoms with van der Waals surface area (Å²) < 4.78 is 38.8. The molecule has 1 unspecified atom stereocenters. The lowest BCUT2D eigenvalue weighted by Gasteiger charge is -2.43. The average molecular weight is 667 g/mol. The molecule has 0 bridgehead atoms. The number of benzene rings is 1. The summed E-state index contributed by atoms with van der Waals surface area (Å²) in [4.78, 5) is 52.9. The maximum Gasteiger partial charge on any atom is 0.514 e. The van der Waals surface area contributed by atoms with Gasteiger partial charge in [-0.3, -0.25) is 4.79 Å². The number of carbonyl (C=O) groups excluding carboxylic acids is 4. The minimum atomic E-state index is -1.16. The van der Waals surface area contributed by atoms with Crippen LogP contribution in [-0.2, 0) is 19.0 Å². The van der Waals surface area contributed by atoms with Crippen molar-refractivity contribution in [2.45, 2.75) is 153 Å². The molecule has 0 N–H and O–H groups in total. The Balaban J connectivity index is 3.90. The van der Waals surface area contributed by atoms with Gasteiger partial charge in [-0.2, -0.15) is 0 Å². The molecule has 0 aliphatic rings. The standard InChI is InChI=1S/C36H58O11/c1-17-33(10,11)45-28(38)42-24-20-23(41-27(37)36(16,32(7,8)9)22-31(4,5)6)21-25(43-29(39)46-34(12,13)18-2)26(24)44-30(40)47-35(14,15)19-3/h20-21H,17-19,22H2,1-16H3. The lowest BCUT2D eigenvalue weighted by molar-refractivity contribution is -0.154. The minimum Gasteiger partial charge on any atom is -0.428 e. The van der Waals surface area contributed by atoms with Crippen molar-refractivity contribution in [3.05, 3.63) is 12.1 Å². The van der Waals surface area contributed by atoms with Crippen molar-refractivity contribution in [3.63, 3.8) is 0 Å². The first-order valence-corrected chi connectivity index (χ1v) is 16.2. The van der Waals surface area contributed by atoms with Crippen molar-refractivity contribution in [3.8, 4) is 23.0 Å². The highest BCUT2D eigenvalue weighted by Crippen LogP contribution is 2.49. The van der Waals surface area contributed by atoms with Gasteiger partial charge in [0.15, 0.2) is 11.5 Å². The summed E-state index contributed by atoms with van der Waals surface area (Å²) in [5.74, 6) is -2.07. The molecular weight excluding hydrogens is 608 g/mol. The molecule has 0 aliphatic carbocycles. The van der Waals surface area contributed by atoms with Crippen LogP contribution in [-0.4, -0.2) is 41.2 Å². The summed E-state index contributed by atoms with van der Waals surface area (Å²) in [5, 5.41) is 0. The summed E-state index contributed by atoms with van der Waals surface area (Å²) in [7, 11) is 0. The molecule has 0 saturated heterocycles. The highest BCUT2D eigenvalue weighted by Gasteiger charge is 2.48. The summed E-state index contributed by atoms with van der Waals surface area (Å²) in [6, 6.07) is 2.36. The highest BCUT2D eigenvalue weighted by molar-refractivity contribution is 5.81. The Bertz CT molecular complexity index is 1230. The number of hydrogen-bond acceptors (Lipinski definition) is 11. The van der Waals surface area contributed by atoms with Gasteiger partial charge >= 0.3 is 24.4 Å². The van der Waals surface area contributed by atoms with E-state index in [0.717, 1.165) is 0 Å². The summed E-state index contributed by atoms with van der Waals surface area (Å²) >= 11 is 0. The molecule has 11 nitrogen and oxygen atoms in total. The monoisotopic (exact) mass is 666 g/mol. The predicted octanol–water partition coefficient (Wildman–Crippen LogP) is 10.2. The van der Waals surface area contributed by atoms with E-state index in [9.17, 15) is 19.2 Å². The number of hydrogen-bond donors (Lipinski definition) is 0. The Labute approximate surface area is 281 Å². The third-order valence-electron chi connectivity index (χ3n) is 8.40. The van der Waals surface area contributed by atoms with Gasteiger partial charge in [-0.25, -0.2) is 14.4 Å². The van der Waals surface area contributed by atoms with Gasteiger partial charge in [0.1, 0.15) is 22.6 Å². The quantitative estimate of drug-likeness (QED) is 0.0913. The maximum absolute atomic E-state index is 13.9. The van der Waals surface area contributed by atoms with Crippen molar-refractivity contribution in [2.75, 3.05) is 0 Å². The van der Waals surface area contributed by atoms with Crippen LogP contribution in [0.2, 0.25) is 0 Å². The van der Waals surface area contributed by atoms with E-state index in [4.69, 9.17) is 33.2 Å². The summed E-state index contributed by atoms with van der Waals surface area (Å²) in [6.45, 7) is 29.4. The highest BCUT2D eigenvalue weighted by atomic mass is 16.8. The van der Waals surface area contributed by atoms with Gasteiger partial charge < -0.3 is 33.2 Å². The van der Waals surface area contributed by atoms with Crippen LogP contribution in [0, 0.1) is 16.2 Å². The molecule has 1 rings (SSSR count). The summed E-state index contributed by atoms with van der Waals surface area (Å²) in [5.41, 5.74) is -4.45. The van der Waals surface area contributed by atoms with Gasteiger partial charge in [-0.05, 0) is 85.0 Å². The summed E-state index contributed by atoms with van der Waals surface area (Å²) in [6.07, 6.45) is -1.57. The van der Waals surface area contributed by atoms with E-state index in [-0.39, 0.29) is 11.2 Å². The molecule has 0 saturated carbocycles. The molecule has 268 valence electrons. The lowest BCUT2D eigenvalue weighted by Crippen LogP contribution is -2.45. The van der Waals surface area contributed by atoms with E-state index in [1.165, 1.54) is 12.1 Å². The van der Waals surface area contributed by atoms with Gasteiger partial charge in [0.05, 0.1) is 5.41 Å². The Morgan fingerprint density at radius 1 is 0.532 bits per heavy atom. The second kappa shape index (κ2) is 15.2. The zero-order valence-corrected chi connectivity index (χ0v) is 31.5. The lowest BCUT2D eigenvalue weighted by atomic mass is 9.61. The van der Waals surface area contributed by atoms with Crippen molar-refractivity contribution < 1.29 is 52.3 Å². The van der Waals surface area contributed by atoms with Crippen LogP contribution in [0.4, 0.5) is 14.4 Å². The first kappa shape index (κ1) is 41.5.